The number of rotatable bonds is 7. The molecule has 0 radical (unpaired) electrons. The molecule has 4 saturated carbocycles. The third-order valence-electron chi connectivity index (χ3n) is 17.4. The fraction of sp³-hybridized carbons (Fsp3) is 0.905. The van der Waals surface area contributed by atoms with Crippen LogP contribution in [-0.4, -0.2) is 139 Å². The predicted molar refractivity (Wildman–Crippen MR) is 200 cm³/mol. The Balaban J connectivity index is 1.17. The smallest absolute Gasteiger partial charge is 0.335 e. The number of fused-ring (bicyclic) bond motifs is 7. The average molecular weight is 811 g/mol. The summed E-state index contributed by atoms with van der Waals surface area (Å²) >= 11 is 0. The highest BCUT2D eigenvalue weighted by atomic mass is 16.7. The summed E-state index contributed by atoms with van der Waals surface area (Å²) in [5.41, 5.74) is -1.28. The first kappa shape index (κ1) is 43.3. The molecule has 15 heteroatoms. The topological polar surface area (TPSA) is 253 Å². The van der Waals surface area contributed by atoms with E-state index in [0.29, 0.717) is 38.5 Å². The number of ether oxygens (including phenoxy) is 4. The lowest BCUT2D eigenvalue weighted by molar-refractivity contribution is -0.324. The van der Waals surface area contributed by atoms with Crippen LogP contribution in [-0.2, 0) is 28.5 Å². The standard InChI is InChI=1S/C42H66O15/c1-37(2)23-9-12-41(6)24(39(23,4)11-10-25(37)55-35-31(50)28(47)29(48)32(56-35)33(51)52)8-7-20-21-17-38(3,19-44)13-15-42(21,16-14-40(20,41)5)36(53)57-34-30(49)27(46)26(45)22(18-43)54-34/h7,21-32,34-35,43-50H,8-19H2,1-6H3,(H,51,52)/t21-,22+,23-,24+,25-,26+,27-,28-,29-,30+,31+,32-,34-,35+,38-,39-,40+,41+,42-/m0/s1. The second-order valence-corrected chi connectivity index (χ2v) is 20.5. The molecule has 7 aliphatic rings. The maximum absolute atomic E-state index is 14.6. The van der Waals surface area contributed by atoms with E-state index in [1.54, 1.807) is 0 Å². The summed E-state index contributed by atoms with van der Waals surface area (Å²) in [5.74, 6) is -1.85. The van der Waals surface area contributed by atoms with Crippen LogP contribution in [0.1, 0.15) is 106 Å². The molecule has 0 aromatic carbocycles. The van der Waals surface area contributed by atoms with Crippen LogP contribution in [0, 0.1) is 50.2 Å². The molecule has 0 aromatic rings. The van der Waals surface area contributed by atoms with Gasteiger partial charge in [0.1, 0.15) is 42.7 Å². The molecule has 2 aliphatic heterocycles. The van der Waals surface area contributed by atoms with Gasteiger partial charge in [-0.25, -0.2) is 4.79 Å². The van der Waals surface area contributed by atoms with E-state index in [1.807, 2.05) is 0 Å². The van der Waals surface area contributed by atoms with Crippen molar-refractivity contribution in [2.75, 3.05) is 13.2 Å². The molecular weight excluding hydrogens is 744 g/mol. The molecule has 57 heavy (non-hydrogen) atoms. The van der Waals surface area contributed by atoms with Crippen molar-refractivity contribution in [2.45, 2.75) is 173 Å². The first-order valence-corrected chi connectivity index (χ1v) is 21.0. The Morgan fingerprint density at radius 2 is 1.40 bits per heavy atom. The molecule has 7 rings (SSSR count). The zero-order valence-electron chi connectivity index (χ0n) is 34.1. The van der Waals surface area contributed by atoms with Crippen LogP contribution < -0.4 is 0 Å². The largest absolute Gasteiger partial charge is 0.479 e. The number of carboxylic acid groups (broad SMARTS) is 1. The number of aliphatic hydroxyl groups is 8. The van der Waals surface area contributed by atoms with Crippen molar-refractivity contribution in [3.63, 3.8) is 0 Å². The number of allylic oxidation sites excluding steroid dienone is 2. The molecule has 0 unspecified atom stereocenters. The lowest BCUT2D eigenvalue weighted by Gasteiger charge is -2.71. The Bertz CT molecular complexity index is 1590. The second kappa shape index (κ2) is 14.7. The van der Waals surface area contributed by atoms with Crippen molar-refractivity contribution in [3.8, 4) is 0 Å². The van der Waals surface area contributed by atoms with Crippen molar-refractivity contribution >= 4 is 11.9 Å². The number of carbonyl (C=O) groups is 2. The molecule has 15 nitrogen and oxygen atoms in total. The van der Waals surface area contributed by atoms with Crippen molar-refractivity contribution in [2.24, 2.45) is 50.2 Å². The zero-order valence-corrected chi connectivity index (χ0v) is 34.1. The summed E-state index contributed by atoms with van der Waals surface area (Å²) in [7, 11) is 0. The third kappa shape index (κ3) is 6.39. The highest BCUT2D eigenvalue weighted by Crippen LogP contribution is 2.76. The number of hydrogen-bond donors (Lipinski definition) is 9. The van der Waals surface area contributed by atoms with Crippen LogP contribution in [0.25, 0.3) is 0 Å². The number of carbonyl (C=O) groups excluding carboxylic acids is 1. The van der Waals surface area contributed by atoms with Crippen molar-refractivity contribution in [3.05, 3.63) is 11.6 Å². The Morgan fingerprint density at radius 1 is 0.754 bits per heavy atom. The van der Waals surface area contributed by atoms with Gasteiger partial charge in [-0.15, -0.1) is 0 Å². The molecule has 9 N–H and O–H groups in total. The number of esters is 1. The monoisotopic (exact) mass is 810 g/mol. The van der Waals surface area contributed by atoms with Gasteiger partial charge in [-0.05, 0) is 109 Å². The summed E-state index contributed by atoms with van der Waals surface area (Å²) in [6, 6.07) is 0. The molecule has 6 fully saturated rings. The van der Waals surface area contributed by atoms with Crippen LogP contribution in [0.3, 0.4) is 0 Å². The Labute approximate surface area is 334 Å². The van der Waals surface area contributed by atoms with E-state index in [-0.39, 0.29) is 40.6 Å². The van der Waals surface area contributed by atoms with Crippen molar-refractivity contribution in [1.29, 1.82) is 0 Å². The average Bonchev–Trinajstić information content (AvgIpc) is 3.16. The van der Waals surface area contributed by atoms with Crippen LogP contribution in [0.2, 0.25) is 0 Å². The van der Waals surface area contributed by atoms with E-state index >= 15 is 0 Å². The van der Waals surface area contributed by atoms with Crippen LogP contribution in [0.4, 0.5) is 0 Å². The molecule has 19 atom stereocenters. The summed E-state index contributed by atoms with van der Waals surface area (Å²) in [5, 5.41) is 93.1. The van der Waals surface area contributed by atoms with Crippen molar-refractivity contribution in [1.82, 2.24) is 0 Å². The van der Waals surface area contributed by atoms with Gasteiger partial charge in [-0.3, -0.25) is 4.79 Å². The summed E-state index contributed by atoms with van der Waals surface area (Å²) < 4.78 is 23.5. The maximum atomic E-state index is 14.6. The SMILES string of the molecule is CC1(C)[C@@H](O[C@@H]2O[C@H](C(=O)O)[C@@H](O)[C@H](O)[C@H]2O)CC[C@]2(C)[C@H]3CC=C4[C@@H]5C[C@@](C)(CO)CC[C@]5(C(=O)O[C@@H]5O[C@H](CO)[C@@H](O)[C@H](O)[C@H]5O)CC[C@@]4(C)[C@]3(C)CC[C@@H]12. The van der Waals surface area contributed by atoms with Gasteiger partial charge in [0.2, 0.25) is 6.29 Å². The lowest BCUT2D eigenvalue weighted by Crippen LogP contribution is -2.66. The van der Waals surface area contributed by atoms with Gasteiger partial charge in [0.25, 0.3) is 0 Å². The van der Waals surface area contributed by atoms with E-state index in [4.69, 9.17) is 18.9 Å². The molecule has 0 bridgehead atoms. The van der Waals surface area contributed by atoms with E-state index in [0.717, 1.165) is 25.7 Å². The Hall–Kier alpha value is -1.76. The van der Waals surface area contributed by atoms with E-state index in [2.05, 4.69) is 47.6 Å². The number of aliphatic carboxylic acids is 1. The summed E-state index contributed by atoms with van der Waals surface area (Å²) in [6.45, 7) is 12.8. The first-order chi connectivity index (χ1) is 26.5. The minimum absolute atomic E-state index is 0.0390. The zero-order chi connectivity index (χ0) is 41.8. The third-order valence-corrected chi connectivity index (χ3v) is 17.4. The highest BCUT2D eigenvalue weighted by Gasteiger charge is 2.70. The van der Waals surface area contributed by atoms with Crippen LogP contribution in [0.5, 0.6) is 0 Å². The van der Waals surface area contributed by atoms with E-state index in [9.17, 15) is 55.5 Å². The molecule has 0 spiro atoms. The highest BCUT2D eigenvalue weighted by molar-refractivity contribution is 5.79. The molecule has 2 heterocycles. The van der Waals surface area contributed by atoms with E-state index < -0.39 is 102 Å². The molecule has 324 valence electrons. The molecule has 2 saturated heterocycles. The van der Waals surface area contributed by atoms with Crippen molar-refractivity contribution < 1.29 is 74.5 Å². The quantitative estimate of drug-likeness (QED) is 0.100. The Morgan fingerprint density at radius 3 is 2.05 bits per heavy atom. The van der Waals surface area contributed by atoms with Gasteiger partial charge < -0.3 is 64.9 Å². The number of carboxylic acids is 1. The number of aliphatic hydroxyl groups excluding tert-OH is 8. The lowest BCUT2D eigenvalue weighted by atomic mass is 9.33. The molecular formula is C42H66O15. The maximum Gasteiger partial charge on any atom is 0.335 e. The van der Waals surface area contributed by atoms with Crippen LogP contribution in [0.15, 0.2) is 11.6 Å². The van der Waals surface area contributed by atoms with Gasteiger partial charge in [0.15, 0.2) is 12.4 Å². The van der Waals surface area contributed by atoms with Gasteiger partial charge in [0.05, 0.1) is 18.1 Å². The van der Waals surface area contributed by atoms with Gasteiger partial charge >= 0.3 is 11.9 Å². The molecule has 0 amide bonds. The second-order valence-electron chi connectivity index (χ2n) is 20.5. The summed E-state index contributed by atoms with van der Waals surface area (Å²) in [4.78, 5) is 26.4. The normalized spacial score (nSPS) is 53.3. The number of hydrogen-bond acceptors (Lipinski definition) is 14. The minimum Gasteiger partial charge on any atom is -0.479 e. The van der Waals surface area contributed by atoms with Crippen LogP contribution >= 0.6 is 0 Å². The fourth-order valence-electron chi connectivity index (χ4n) is 13.6. The fourth-order valence-corrected chi connectivity index (χ4v) is 13.6. The minimum atomic E-state index is -1.80. The molecule has 0 aromatic heterocycles. The van der Waals surface area contributed by atoms with Gasteiger partial charge in [0, 0.05) is 6.61 Å². The Kier molecular flexibility index (Phi) is 11.2. The predicted octanol–water partition coefficient (Wildman–Crippen LogP) is 1.38. The van der Waals surface area contributed by atoms with Gasteiger partial charge in [-0.2, -0.15) is 0 Å². The van der Waals surface area contributed by atoms with Gasteiger partial charge in [-0.1, -0.05) is 53.2 Å². The first-order valence-electron chi connectivity index (χ1n) is 21.0. The van der Waals surface area contributed by atoms with E-state index in [1.165, 1.54) is 5.57 Å². The summed E-state index contributed by atoms with van der Waals surface area (Å²) in [6.07, 6.45) is -7.44. The molecule has 5 aliphatic carbocycles.